The molecule has 0 spiro atoms. The molecule has 2 unspecified atom stereocenters. The molecule has 6 atom stereocenters. The van der Waals surface area contributed by atoms with Crippen LogP contribution >= 0.6 is 0 Å². The van der Waals surface area contributed by atoms with Crippen LogP contribution in [0.2, 0.25) is 0 Å². The fraction of sp³-hybridized carbons (Fsp3) is 0.615. The summed E-state index contributed by atoms with van der Waals surface area (Å²) in [7, 11) is 2.88. The van der Waals surface area contributed by atoms with Gasteiger partial charge in [-0.25, -0.2) is 9.59 Å². The van der Waals surface area contributed by atoms with Crippen LogP contribution in [0.3, 0.4) is 0 Å². The van der Waals surface area contributed by atoms with E-state index in [9.17, 15) is 33.6 Å². The molecule has 1 aliphatic heterocycles. The Hall–Kier alpha value is -4.75. The molecule has 1 aliphatic rings. The van der Waals surface area contributed by atoms with Crippen LogP contribution in [0.25, 0.3) is 0 Å². The lowest BCUT2D eigenvalue weighted by Crippen LogP contribution is -2.57. The highest BCUT2D eigenvalue weighted by Gasteiger charge is 2.35. The highest BCUT2D eigenvalue weighted by atomic mass is 16.5. The third-order valence-electron chi connectivity index (χ3n) is 9.23. The zero-order valence-electron chi connectivity index (χ0n) is 32.7. The summed E-state index contributed by atoms with van der Waals surface area (Å²) in [4.78, 5) is 96.0. The second kappa shape index (κ2) is 21.7. The fourth-order valence-electron chi connectivity index (χ4n) is 5.69. The van der Waals surface area contributed by atoms with Crippen molar-refractivity contribution in [2.45, 2.75) is 117 Å². The van der Waals surface area contributed by atoms with Crippen molar-refractivity contribution in [1.29, 1.82) is 0 Å². The molecular formula is C39H59N5O9. The SMILES string of the molecule is CCC(C)C1NC(=O)CN(C)C(=O)[C@@H](Cc2ccccc2)N(C)C(=O)[C@H](C)NC(=O)[C@@H](CC(C)C)OC(=O)/C(C)=C/CCCCOC(=O)[C@H](C)NC1=O. The van der Waals surface area contributed by atoms with E-state index in [0.29, 0.717) is 31.3 Å². The molecule has 0 aromatic heterocycles. The Kier molecular flexibility index (Phi) is 18.2. The molecule has 3 N–H and O–H groups in total. The van der Waals surface area contributed by atoms with E-state index >= 15 is 0 Å². The predicted molar refractivity (Wildman–Crippen MR) is 199 cm³/mol. The molecule has 0 bridgehead atoms. The summed E-state index contributed by atoms with van der Waals surface area (Å²) < 4.78 is 11.0. The summed E-state index contributed by atoms with van der Waals surface area (Å²) in [6.07, 6.45) is 2.95. The van der Waals surface area contributed by atoms with Crippen molar-refractivity contribution in [3.05, 3.63) is 47.5 Å². The van der Waals surface area contributed by atoms with Crippen molar-refractivity contribution in [1.82, 2.24) is 25.8 Å². The van der Waals surface area contributed by atoms with Crippen LogP contribution in [-0.2, 0) is 49.5 Å². The zero-order valence-corrected chi connectivity index (χ0v) is 32.7. The van der Waals surface area contributed by atoms with Gasteiger partial charge >= 0.3 is 11.9 Å². The first-order valence-corrected chi connectivity index (χ1v) is 18.5. The summed E-state index contributed by atoms with van der Waals surface area (Å²) in [5.41, 5.74) is 1.06. The molecule has 5 amide bonds. The number of allylic oxidation sites excluding steroid dienone is 1. The number of hydrogen-bond acceptors (Lipinski definition) is 9. The molecule has 294 valence electrons. The quantitative estimate of drug-likeness (QED) is 0.370. The average Bonchev–Trinajstić information content (AvgIpc) is 3.11. The number of hydrogen-bond donors (Lipinski definition) is 3. The van der Waals surface area contributed by atoms with Gasteiger partial charge in [0.1, 0.15) is 24.2 Å². The second-order valence-corrected chi connectivity index (χ2v) is 14.3. The minimum absolute atomic E-state index is 0.0170. The monoisotopic (exact) mass is 741 g/mol. The summed E-state index contributed by atoms with van der Waals surface area (Å²) in [5, 5.41) is 8.02. The van der Waals surface area contributed by atoms with Gasteiger partial charge in [-0.15, -0.1) is 0 Å². The molecule has 0 saturated carbocycles. The summed E-state index contributed by atoms with van der Waals surface area (Å²) in [6, 6.07) is 4.90. The number of carbonyl (C=O) groups excluding carboxylic acids is 7. The lowest BCUT2D eigenvalue weighted by Gasteiger charge is -2.33. The van der Waals surface area contributed by atoms with Crippen molar-refractivity contribution < 1.29 is 43.0 Å². The van der Waals surface area contributed by atoms with Gasteiger partial charge in [-0.1, -0.05) is 70.5 Å². The minimum Gasteiger partial charge on any atom is -0.464 e. The second-order valence-electron chi connectivity index (χ2n) is 14.3. The Balaban J connectivity index is 2.46. The van der Waals surface area contributed by atoms with E-state index in [1.807, 2.05) is 39.0 Å². The number of amides is 5. The number of likely N-dealkylation sites (N-methyl/N-ethyl adjacent to an activating group) is 2. The first-order chi connectivity index (χ1) is 25.0. The number of nitrogens with zero attached hydrogens (tertiary/aromatic N) is 2. The van der Waals surface area contributed by atoms with Gasteiger partial charge in [0.2, 0.25) is 23.6 Å². The van der Waals surface area contributed by atoms with Gasteiger partial charge in [-0.2, -0.15) is 0 Å². The van der Waals surface area contributed by atoms with E-state index in [4.69, 9.17) is 9.47 Å². The smallest absolute Gasteiger partial charge is 0.334 e. The van der Waals surface area contributed by atoms with E-state index in [0.717, 1.165) is 5.56 Å². The number of benzene rings is 1. The maximum absolute atomic E-state index is 14.0. The van der Waals surface area contributed by atoms with E-state index in [1.165, 1.54) is 37.7 Å². The summed E-state index contributed by atoms with van der Waals surface area (Å²) in [6.45, 7) is 11.7. The normalized spacial score (nSPS) is 26.1. The Labute approximate surface area is 313 Å². The third kappa shape index (κ3) is 14.3. The lowest BCUT2D eigenvalue weighted by atomic mass is 9.98. The molecule has 0 fully saturated rings. The number of nitrogens with one attached hydrogen (secondary N) is 3. The number of rotatable bonds is 6. The first kappa shape index (κ1) is 44.4. The van der Waals surface area contributed by atoms with Crippen LogP contribution in [0.4, 0.5) is 0 Å². The Morgan fingerprint density at radius 3 is 2.11 bits per heavy atom. The van der Waals surface area contributed by atoms with Crippen molar-refractivity contribution in [2.24, 2.45) is 11.8 Å². The van der Waals surface area contributed by atoms with Crippen LogP contribution in [0, 0.1) is 11.8 Å². The van der Waals surface area contributed by atoms with Gasteiger partial charge < -0.3 is 35.2 Å². The van der Waals surface area contributed by atoms with Crippen LogP contribution in [-0.4, -0.2) is 109 Å². The van der Waals surface area contributed by atoms with Crippen molar-refractivity contribution >= 4 is 41.5 Å². The highest BCUT2D eigenvalue weighted by Crippen LogP contribution is 2.16. The molecule has 1 aromatic rings. The van der Waals surface area contributed by atoms with Crippen LogP contribution in [0.15, 0.2) is 42.0 Å². The predicted octanol–water partition coefficient (Wildman–Crippen LogP) is 2.69. The third-order valence-corrected chi connectivity index (χ3v) is 9.23. The molecule has 2 rings (SSSR count). The van der Waals surface area contributed by atoms with Crippen molar-refractivity contribution in [2.75, 3.05) is 27.2 Å². The topological polar surface area (TPSA) is 181 Å². The maximum atomic E-state index is 14.0. The molecule has 1 aromatic carbocycles. The molecule has 0 radical (unpaired) electrons. The van der Waals surface area contributed by atoms with Crippen LogP contribution in [0.1, 0.15) is 86.1 Å². The Morgan fingerprint density at radius 1 is 0.849 bits per heavy atom. The molecular weight excluding hydrogens is 682 g/mol. The summed E-state index contributed by atoms with van der Waals surface area (Å²) >= 11 is 0. The first-order valence-electron chi connectivity index (χ1n) is 18.5. The van der Waals surface area contributed by atoms with Crippen LogP contribution in [0.5, 0.6) is 0 Å². The van der Waals surface area contributed by atoms with E-state index in [1.54, 1.807) is 32.1 Å². The Bertz CT molecular complexity index is 1460. The molecule has 53 heavy (non-hydrogen) atoms. The minimum atomic E-state index is -1.17. The molecule has 1 heterocycles. The van der Waals surface area contributed by atoms with E-state index in [2.05, 4.69) is 16.0 Å². The van der Waals surface area contributed by atoms with E-state index < -0.39 is 78.3 Å². The number of cyclic esters (lactones) is 2. The largest absolute Gasteiger partial charge is 0.464 e. The number of esters is 2. The lowest BCUT2D eigenvalue weighted by molar-refractivity contribution is -0.154. The highest BCUT2D eigenvalue weighted by molar-refractivity contribution is 5.96. The zero-order chi connectivity index (χ0) is 39.8. The standard InChI is InChI=1S/C39H59N5O9/c1-10-25(4)33-35(47)41-28(7)39(51)52-20-16-12-13-17-26(5)38(50)53-31(21-24(2)3)34(46)40-27(6)36(48)44(9)30(22-29-18-14-11-15-19-29)37(49)43(8)23-32(45)42-33/h11,14-15,17-19,24-25,27-28,30-31,33H,10,12-13,16,20-23H2,1-9H3,(H,40,46)(H,41,47)(H,42,45)/b26-17+/t25?,27-,28-,30+,31+,33?/m0/s1. The molecule has 0 aliphatic carbocycles. The van der Waals surface area contributed by atoms with Gasteiger partial charge in [-0.3, -0.25) is 24.0 Å². The molecule has 14 nitrogen and oxygen atoms in total. The Morgan fingerprint density at radius 2 is 1.49 bits per heavy atom. The summed E-state index contributed by atoms with van der Waals surface area (Å²) in [5.74, 6) is -4.58. The number of carbonyl (C=O) groups is 7. The molecule has 14 heteroatoms. The fourth-order valence-corrected chi connectivity index (χ4v) is 5.69. The number of ether oxygens (including phenoxy) is 2. The van der Waals surface area contributed by atoms with Gasteiger partial charge in [0.05, 0.1) is 13.2 Å². The molecule has 0 saturated heterocycles. The average molecular weight is 742 g/mol. The van der Waals surface area contributed by atoms with Crippen LogP contribution < -0.4 is 16.0 Å². The van der Waals surface area contributed by atoms with Crippen molar-refractivity contribution in [3.8, 4) is 0 Å². The van der Waals surface area contributed by atoms with Gasteiger partial charge in [-0.05, 0) is 63.9 Å². The van der Waals surface area contributed by atoms with Gasteiger partial charge in [0, 0.05) is 26.1 Å². The maximum Gasteiger partial charge on any atom is 0.334 e. The van der Waals surface area contributed by atoms with Gasteiger partial charge in [0.15, 0.2) is 6.10 Å². The van der Waals surface area contributed by atoms with Gasteiger partial charge in [0.25, 0.3) is 5.91 Å². The van der Waals surface area contributed by atoms with Crippen molar-refractivity contribution in [3.63, 3.8) is 0 Å². The van der Waals surface area contributed by atoms with E-state index in [-0.39, 0.29) is 31.3 Å².